The fourth-order valence-electron chi connectivity index (χ4n) is 3.44. The summed E-state index contributed by atoms with van der Waals surface area (Å²) in [5.74, 6) is -0.747. The van der Waals surface area contributed by atoms with Gasteiger partial charge in [0.25, 0.3) is 5.91 Å². The van der Waals surface area contributed by atoms with E-state index in [1.165, 1.54) is 0 Å². The number of anilines is 1. The van der Waals surface area contributed by atoms with Crippen LogP contribution in [0.3, 0.4) is 0 Å². The van der Waals surface area contributed by atoms with Gasteiger partial charge in [-0.15, -0.1) is 0 Å². The molecule has 3 rings (SSSR count). The second-order valence-corrected chi connectivity index (χ2v) is 7.83. The average molecular weight is 443 g/mol. The van der Waals surface area contributed by atoms with Crippen LogP contribution >= 0.6 is 11.6 Å². The Kier molecular flexibility index (Phi) is 7.89. The first-order valence-electron chi connectivity index (χ1n) is 10.4. The van der Waals surface area contributed by atoms with Gasteiger partial charge in [-0.25, -0.2) is 0 Å². The largest absolute Gasteiger partial charge is 0.368 e. The Labute approximate surface area is 187 Å². The molecule has 7 nitrogen and oxygen atoms in total. The molecule has 2 N–H and O–H groups in total. The van der Waals surface area contributed by atoms with Crippen molar-refractivity contribution in [3.05, 3.63) is 65.2 Å². The first kappa shape index (κ1) is 22.6. The maximum absolute atomic E-state index is 12.5. The summed E-state index contributed by atoms with van der Waals surface area (Å²) in [4.78, 5) is 41.1. The summed E-state index contributed by atoms with van der Waals surface area (Å²) in [6.45, 7) is 4.70. The number of benzene rings is 2. The summed E-state index contributed by atoms with van der Waals surface area (Å²) in [6.07, 6.45) is 0.224. The van der Waals surface area contributed by atoms with E-state index in [1.54, 1.807) is 31.2 Å². The number of hydrogen-bond acceptors (Lipinski definition) is 4. The lowest BCUT2D eigenvalue weighted by Gasteiger charge is -2.36. The molecule has 8 heteroatoms. The first-order valence-corrected chi connectivity index (χ1v) is 10.7. The highest BCUT2D eigenvalue weighted by molar-refractivity contribution is 6.33. The minimum absolute atomic E-state index is 0.0146. The number of carbonyl (C=O) groups excluding carboxylic acids is 3. The van der Waals surface area contributed by atoms with Crippen molar-refractivity contribution in [2.75, 3.05) is 37.6 Å². The van der Waals surface area contributed by atoms with Crippen molar-refractivity contribution in [1.29, 1.82) is 0 Å². The van der Waals surface area contributed by atoms with Crippen LogP contribution in [-0.4, -0.2) is 61.4 Å². The van der Waals surface area contributed by atoms with Gasteiger partial charge in [-0.3, -0.25) is 14.4 Å². The van der Waals surface area contributed by atoms with Crippen LogP contribution in [0.25, 0.3) is 0 Å². The van der Waals surface area contributed by atoms with Gasteiger partial charge in [0.15, 0.2) is 0 Å². The third-order valence-electron chi connectivity index (χ3n) is 5.25. The van der Waals surface area contributed by atoms with E-state index in [-0.39, 0.29) is 24.8 Å². The highest BCUT2D eigenvalue weighted by Gasteiger charge is 2.22. The highest BCUT2D eigenvalue weighted by Crippen LogP contribution is 2.16. The quantitative estimate of drug-likeness (QED) is 0.689. The monoisotopic (exact) mass is 442 g/mol. The van der Waals surface area contributed by atoms with E-state index in [0.29, 0.717) is 23.7 Å². The van der Waals surface area contributed by atoms with Gasteiger partial charge in [0.05, 0.1) is 10.6 Å². The number of nitrogens with zero attached hydrogens (tertiary/aromatic N) is 2. The van der Waals surface area contributed by atoms with E-state index in [0.717, 1.165) is 18.8 Å². The molecule has 164 valence electrons. The molecule has 0 bridgehead atoms. The Morgan fingerprint density at radius 3 is 2.29 bits per heavy atom. The lowest BCUT2D eigenvalue weighted by Crippen LogP contribution is -2.50. The molecule has 1 saturated heterocycles. The van der Waals surface area contributed by atoms with E-state index < -0.39 is 11.9 Å². The Morgan fingerprint density at radius 1 is 0.968 bits per heavy atom. The summed E-state index contributed by atoms with van der Waals surface area (Å²) in [6, 6.07) is 16.0. The van der Waals surface area contributed by atoms with Crippen LogP contribution in [0, 0.1) is 0 Å². The minimum atomic E-state index is -0.742. The van der Waals surface area contributed by atoms with Crippen LogP contribution in [0.5, 0.6) is 0 Å². The third-order valence-corrected chi connectivity index (χ3v) is 5.58. The van der Waals surface area contributed by atoms with Crippen molar-refractivity contribution < 1.29 is 14.4 Å². The standard InChI is InChI=1S/C23H27ClN4O3/c1-17(26-23(31)19-9-5-6-10-20(19)24)22(30)25-12-11-21(29)28-15-13-27(14-16-28)18-7-3-2-4-8-18/h2-10,17H,11-16H2,1H3,(H,25,30)(H,26,31). The number of piperazine rings is 1. The molecule has 3 amide bonds. The normalized spacial score (nSPS) is 14.6. The van der Waals surface area contributed by atoms with Crippen LogP contribution in [0.15, 0.2) is 54.6 Å². The number of para-hydroxylation sites is 1. The maximum Gasteiger partial charge on any atom is 0.253 e. The van der Waals surface area contributed by atoms with Crippen LogP contribution in [0.2, 0.25) is 5.02 Å². The molecule has 1 fully saturated rings. The molecule has 1 unspecified atom stereocenters. The molecule has 0 radical (unpaired) electrons. The number of halogens is 1. The van der Waals surface area contributed by atoms with Crippen molar-refractivity contribution in [1.82, 2.24) is 15.5 Å². The second-order valence-electron chi connectivity index (χ2n) is 7.42. The van der Waals surface area contributed by atoms with E-state index in [2.05, 4.69) is 27.7 Å². The Hall–Kier alpha value is -3.06. The molecule has 1 aliphatic rings. The highest BCUT2D eigenvalue weighted by atomic mass is 35.5. The molecule has 0 aliphatic carbocycles. The summed E-state index contributed by atoms with van der Waals surface area (Å²) < 4.78 is 0. The van der Waals surface area contributed by atoms with E-state index in [9.17, 15) is 14.4 Å². The van der Waals surface area contributed by atoms with Crippen molar-refractivity contribution in [2.45, 2.75) is 19.4 Å². The van der Waals surface area contributed by atoms with Gasteiger partial charge in [-0.05, 0) is 31.2 Å². The van der Waals surface area contributed by atoms with Gasteiger partial charge in [0.2, 0.25) is 11.8 Å². The number of nitrogens with one attached hydrogen (secondary N) is 2. The predicted octanol–water partition coefficient (Wildman–Crippen LogP) is 2.31. The van der Waals surface area contributed by atoms with Crippen molar-refractivity contribution in [2.24, 2.45) is 0 Å². The van der Waals surface area contributed by atoms with Gasteiger partial charge in [-0.2, -0.15) is 0 Å². The molecule has 31 heavy (non-hydrogen) atoms. The number of carbonyl (C=O) groups is 3. The van der Waals surface area contributed by atoms with E-state index in [1.807, 2.05) is 23.1 Å². The predicted molar refractivity (Wildman–Crippen MR) is 121 cm³/mol. The van der Waals surface area contributed by atoms with Crippen LogP contribution < -0.4 is 15.5 Å². The van der Waals surface area contributed by atoms with Crippen molar-refractivity contribution >= 4 is 35.0 Å². The summed E-state index contributed by atoms with van der Waals surface area (Å²) in [5, 5.41) is 5.66. The fourth-order valence-corrected chi connectivity index (χ4v) is 3.66. The Balaban J connectivity index is 1.37. The maximum atomic E-state index is 12.5. The van der Waals surface area contributed by atoms with Gasteiger partial charge in [0.1, 0.15) is 6.04 Å². The lowest BCUT2D eigenvalue weighted by molar-refractivity contribution is -0.131. The zero-order valence-electron chi connectivity index (χ0n) is 17.5. The van der Waals surface area contributed by atoms with Crippen molar-refractivity contribution in [3.8, 4) is 0 Å². The molecule has 1 aliphatic heterocycles. The molecule has 2 aromatic rings. The molecule has 0 saturated carbocycles. The van der Waals surface area contributed by atoms with Gasteiger partial charge < -0.3 is 20.4 Å². The van der Waals surface area contributed by atoms with Crippen LogP contribution in [-0.2, 0) is 9.59 Å². The molecule has 0 spiro atoms. The minimum Gasteiger partial charge on any atom is -0.368 e. The zero-order chi connectivity index (χ0) is 22.2. The van der Waals surface area contributed by atoms with Gasteiger partial charge >= 0.3 is 0 Å². The smallest absolute Gasteiger partial charge is 0.253 e. The van der Waals surface area contributed by atoms with Gasteiger partial charge in [-0.1, -0.05) is 41.9 Å². The molecular weight excluding hydrogens is 416 g/mol. The average Bonchev–Trinajstić information content (AvgIpc) is 2.79. The number of hydrogen-bond donors (Lipinski definition) is 2. The summed E-state index contributed by atoms with van der Waals surface area (Å²) >= 11 is 6.01. The molecule has 1 heterocycles. The van der Waals surface area contributed by atoms with Crippen LogP contribution in [0.1, 0.15) is 23.7 Å². The molecule has 0 aromatic heterocycles. The zero-order valence-corrected chi connectivity index (χ0v) is 18.3. The second kappa shape index (κ2) is 10.8. The lowest BCUT2D eigenvalue weighted by atomic mass is 10.2. The summed E-state index contributed by atoms with van der Waals surface area (Å²) in [5.41, 5.74) is 1.48. The van der Waals surface area contributed by atoms with Gasteiger partial charge in [0, 0.05) is 44.8 Å². The Morgan fingerprint density at radius 2 is 1.61 bits per heavy atom. The Bertz CT molecular complexity index is 914. The molecular formula is C23H27ClN4O3. The SMILES string of the molecule is CC(NC(=O)c1ccccc1Cl)C(=O)NCCC(=O)N1CCN(c2ccccc2)CC1. The van der Waals surface area contributed by atoms with E-state index >= 15 is 0 Å². The van der Waals surface area contributed by atoms with Crippen molar-refractivity contribution in [3.63, 3.8) is 0 Å². The molecule has 2 aromatic carbocycles. The summed E-state index contributed by atoms with van der Waals surface area (Å²) in [7, 11) is 0. The van der Waals surface area contributed by atoms with Crippen LogP contribution in [0.4, 0.5) is 5.69 Å². The van der Waals surface area contributed by atoms with E-state index in [4.69, 9.17) is 11.6 Å². The number of rotatable bonds is 7. The topological polar surface area (TPSA) is 81.8 Å². The fraction of sp³-hybridized carbons (Fsp3) is 0.348. The molecule has 1 atom stereocenters. The third kappa shape index (κ3) is 6.21. The number of amides is 3. The first-order chi connectivity index (χ1) is 15.0.